The van der Waals surface area contributed by atoms with Gasteiger partial charge in [0.25, 0.3) is 0 Å². The lowest BCUT2D eigenvalue weighted by Crippen LogP contribution is -2.19. The summed E-state index contributed by atoms with van der Waals surface area (Å²) in [5, 5.41) is 11.5. The summed E-state index contributed by atoms with van der Waals surface area (Å²) in [5.41, 5.74) is 0.968. The summed E-state index contributed by atoms with van der Waals surface area (Å²) < 4.78 is 0. The van der Waals surface area contributed by atoms with Gasteiger partial charge in [0.2, 0.25) is 0 Å². The molecule has 2 aromatic rings. The number of nitrogens with one attached hydrogen (secondary N) is 1. The number of rotatable bonds is 3. The minimum atomic E-state index is -0.992. The number of hydrogen-bond donors (Lipinski definition) is 3. The monoisotopic (exact) mass is 294 g/mol. The first-order chi connectivity index (χ1) is 9.22. The van der Waals surface area contributed by atoms with Gasteiger partial charge in [0.05, 0.1) is 0 Å². The molecule has 0 aliphatic heterocycles. The van der Waals surface area contributed by atoms with Crippen molar-refractivity contribution in [2.45, 2.75) is 11.6 Å². The average molecular weight is 294 g/mol. The summed E-state index contributed by atoms with van der Waals surface area (Å²) in [6, 6.07) is 15.1. The summed E-state index contributed by atoms with van der Waals surface area (Å²) in [7, 11) is 1.35. The van der Waals surface area contributed by atoms with Crippen LogP contribution in [-0.2, 0) is 6.54 Å². The number of pyridine rings is 1. The second-order valence-corrected chi connectivity index (χ2v) is 4.55. The van der Waals surface area contributed by atoms with Gasteiger partial charge in [-0.05, 0) is 28.5 Å². The Morgan fingerprint density at radius 2 is 1.89 bits per heavy atom. The molecule has 1 amide bonds. The number of carbonyl (C=O) groups is 1. The summed E-state index contributed by atoms with van der Waals surface area (Å²) in [4.78, 5) is 14.0. The van der Waals surface area contributed by atoms with Crippen molar-refractivity contribution >= 4 is 28.5 Å². The van der Waals surface area contributed by atoms with Crippen LogP contribution in [-0.4, -0.2) is 16.2 Å². The Balaban J connectivity index is 0.000000200. The third-order valence-corrected chi connectivity index (χ3v) is 3.01. The smallest absolute Gasteiger partial charge is 0.404 e. The van der Waals surface area contributed by atoms with E-state index in [2.05, 4.69) is 22.0 Å². The van der Waals surface area contributed by atoms with Gasteiger partial charge >= 0.3 is 6.09 Å². The normalized spacial score (nSPS) is 9.11. The lowest BCUT2D eigenvalue weighted by atomic mass is 10.2. The van der Waals surface area contributed by atoms with E-state index in [0.717, 1.165) is 10.6 Å². The van der Waals surface area contributed by atoms with Crippen LogP contribution in [0, 0.1) is 0 Å². The molecule has 2 N–H and O–H groups in total. The van der Waals surface area contributed by atoms with E-state index in [4.69, 9.17) is 5.11 Å². The number of thiol groups is 1. The van der Waals surface area contributed by atoms with Crippen LogP contribution in [0.1, 0.15) is 5.56 Å². The van der Waals surface area contributed by atoms with Crippen LogP contribution in [0.2, 0.25) is 0 Å². The molecule has 0 aliphatic rings. The van der Waals surface area contributed by atoms with Gasteiger partial charge in [-0.15, -0.1) is 11.7 Å². The first-order valence-electron chi connectivity index (χ1n) is 5.45. The van der Waals surface area contributed by atoms with Crippen molar-refractivity contribution < 1.29 is 9.90 Å². The van der Waals surface area contributed by atoms with Crippen LogP contribution in [0.15, 0.2) is 59.8 Å². The summed E-state index contributed by atoms with van der Waals surface area (Å²) >= 11 is 3.96. The molecule has 0 atom stereocenters. The highest BCUT2D eigenvalue weighted by atomic mass is 33.1. The zero-order valence-electron chi connectivity index (χ0n) is 10.1. The Morgan fingerprint density at radius 3 is 2.37 bits per heavy atom. The molecule has 0 aliphatic carbocycles. The van der Waals surface area contributed by atoms with Crippen LogP contribution in [0.4, 0.5) is 4.79 Å². The third kappa shape index (κ3) is 7.38. The topological polar surface area (TPSA) is 62.2 Å². The van der Waals surface area contributed by atoms with Crippen molar-refractivity contribution in [1.82, 2.24) is 10.3 Å². The SMILES string of the molecule is O=C(O)NCc1ccccc1.SSc1ccccn1. The van der Waals surface area contributed by atoms with E-state index >= 15 is 0 Å². The molecule has 1 heterocycles. The lowest BCUT2D eigenvalue weighted by Gasteiger charge is -1.98. The predicted octanol–water partition coefficient (Wildman–Crippen LogP) is 3.47. The van der Waals surface area contributed by atoms with Crippen LogP contribution in [0.3, 0.4) is 0 Å². The van der Waals surface area contributed by atoms with E-state index in [1.165, 1.54) is 10.8 Å². The fourth-order valence-corrected chi connectivity index (χ4v) is 1.75. The minimum Gasteiger partial charge on any atom is -0.465 e. The van der Waals surface area contributed by atoms with E-state index in [-0.39, 0.29) is 0 Å². The first-order valence-corrected chi connectivity index (χ1v) is 7.32. The number of benzene rings is 1. The van der Waals surface area contributed by atoms with Crippen molar-refractivity contribution in [3.05, 3.63) is 60.3 Å². The molecule has 4 nitrogen and oxygen atoms in total. The Labute approximate surface area is 121 Å². The number of amides is 1. The molecule has 0 saturated heterocycles. The molecule has 0 bridgehead atoms. The summed E-state index contributed by atoms with van der Waals surface area (Å²) in [5.74, 6) is 0. The molecular weight excluding hydrogens is 280 g/mol. The molecule has 6 heteroatoms. The minimum absolute atomic E-state index is 0.371. The summed E-state index contributed by atoms with van der Waals surface area (Å²) in [6.45, 7) is 0.371. The van der Waals surface area contributed by atoms with Crippen LogP contribution >= 0.6 is 22.5 Å². The molecule has 1 aromatic carbocycles. The molecule has 100 valence electrons. The van der Waals surface area contributed by atoms with Gasteiger partial charge in [0, 0.05) is 12.7 Å². The van der Waals surface area contributed by atoms with Gasteiger partial charge in [0.15, 0.2) is 0 Å². The van der Waals surface area contributed by atoms with Crippen molar-refractivity contribution in [3.63, 3.8) is 0 Å². The second-order valence-electron chi connectivity index (χ2n) is 3.40. The maximum Gasteiger partial charge on any atom is 0.404 e. The highest BCUT2D eigenvalue weighted by Gasteiger charge is 1.93. The lowest BCUT2D eigenvalue weighted by molar-refractivity contribution is 0.194. The maximum absolute atomic E-state index is 10.1. The molecular formula is C13H14N2O2S2. The van der Waals surface area contributed by atoms with E-state index in [0.29, 0.717) is 6.54 Å². The Bertz CT molecular complexity index is 481. The standard InChI is InChI=1S/C8H9NO2.C5H5NS2/c10-8(11)9-6-7-4-2-1-3-5-7;7-8-5-3-1-2-4-6-5/h1-5,9H,6H2,(H,10,11);1-4,7H. The van der Waals surface area contributed by atoms with Crippen LogP contribution in [0.5, 0.6) is 0 Å². The maximum atomic E-state index is 10.1. The number of nitrogens with zero attached hydrogens (tertiary/aromatic N) is 1. The Kier molecular flexibility index (Phi) is 7.53. The van der Waals surface area contributed by atoms with Gasteiger partial charge in [-0.2, -0.15) is 0 Å². The van der Waals surface area contributed by atoms with Gasteiger partial charge in [-0.1, -0.05) is 36.4 Å². The highest BCUT2D eigenvalue weighted by molar-refractivity contribution is 8.68. The largest absolute Gasteiger partial charge is 0.465 e. The van der Waals surface area contributed by atoms with Gasteiger partial charge in [-0.25, -0.2) is 9.78 Å². The number of aromatic nitrogens is 1. The fraction of sp³-hybridized carbons (Fsp3) is 0.0769. The molecule has 0 saturated carbocycles. The molecule has 2 rings (SSSR count). The molecule has 19 heavy (non-hydrogen) atoms. The molecule has 1 aromatic heterocycles. The first kappa shape index (κ1) is 15.4. The zero-order chi connectivity index (χ0) is 13.9. The molecule has 0 radical (unpaired) electrons. The third-order valence-electron chi connectivity index (χ3n) is 2.02. The van der Waals surface area contributed by atoms with Gasteiger partial charge < -0.3 is 10.4 Å². The van der Waals surface area contributed by atoms with Crippen molar-refractivity contribution in [2.75, 3.05) is 0 Å². The zero-order valence-corrected chi connectivity index (χ0v) is 11.8. The fourth-order valence-electron chi connectivity index (χ4n) is 1.17. The van der Waals surface area contributed by atoms with E-state index in [1.54, 1.807) is 6.20 Å². The van der Waals surface area contributed by atoms with Crippen molar-refractivity contribution in [1.29, 1.82) is 0 Å². The highest BCUT2D eigenvalue weighted by Crippen LogP contribution is 2.16. The van der Waals surface area contributed by atoms with Crippen molar-refractivity contribution in [3.8, 4) is 0 Å². The van der Waals surface area contributed by atoms with E-state index in [9.17, 15) is 4.79 Å². The molecule has 0 spiro atoms. The Morgan fingerprint density at radius 1 is 1.21 bits per heavy atom. The number of hydrogen-bond acceptors (Lipinski definition) is 4. The van der Waals surface area contributed by atoms with Crippen LogP contribution in [0.25, 0.3) is 0 Å². The molecule has 0 unspecified atom stereocenters. The quantitative estimate of drug-likeness (QED) is 0.599. The summed E-state index contributed by atoms with van der Waals surface area (Å²) in [6.07, 6.45) is 0.757. The Hall–Kier alpha value is -1.66. The van der Waals surface area contributed by atoms with Gasteiger partial charge in [-0.3, -0.25) is 0 Å². The molecule has 0 fully saturated rings. The average Bonchev–Trinajstić information content (AvgIpc) is 2.48. The second kappa shape index (κ2) is 9.29. The van der Waals surface area contributed by atoms with Crippen molar-refractivity contribution in [2.24, 2.45) is 0 Å². The van der Waals surface area contributed by atoms with Gasteiger partial charge in [0.1, 0.15) is 5.03 Å². The van der Waals surface area contributed by atoms with E-state index < -0.39 is 6.09 Å². The van der Waals surface area contributed by atoms with Crippen LogP contribution < -0.4 is 5.32 Å². The number of carboxylic acid groups (broad SMARTS) is 1. The predicted molar refractivity (Wildman–Crippen MR) is 80.4 cm³/mol. The van der Waals surface area contributed by atoms with E-state index in [1.807, 2.05) is 48.5 Å².